The van der Waals surface area contributed by atoms with Gasteiger partial charge in [0.05, 0.1) is 11.3 Å². The molecule has 1 aromatic carbocycles. The number of aromatic carboxylic acids is 1. The smallest absolute Gasteiger partial charge is 0.357 e. The van der Waals surface area contributed by atoms with Gasteiger partial charge in [0, 0.05) is 5.02 Å². The number of rotatable bonds is 6. The average Bonchev–Trinajstić information content (AvgIpc) is 2.84. The number of benzene rings is 1. The van der Waals surface area contributed by atoms with Crippen molar-refractivity contribution in [2.75, 3.05) is 10.5 Å². The quantitative estimate of drug-likeness (QED) is 0.837. The van der Waals surface area contributed by atoms with Gasteiger partial charge in [-0.1, -0.05) is 23.7 Å². The Kier molecular flexibility index (Phi) is 4.81. The summed E-state index contributed by atoms with van der Waals surface area (Å²) in [5.41, 5.74) is 1.76. The van der Waals surface area contributed by atoms with Crippen molar-refractivity contribution >= 4 is 43.9 Å². The highest BCUT2D eigenvalue weighted by molar-refractivity contribution is 7.92. The molecule has 9 heteroatoms. The van der Waals surface area contributed by atoms with E-state index in [0.717, 1.165) is 16.9 Å². The number of thiazole rings is 1. The third-order valence-electron chi connectivity index (χ3n) is 2.57. The standard InChI is InChI=1S/C12H11ClN2O4S2/c13-9-3-1-2-8(6-9)4-5-21(18,19)15-11-10(12(16)17)14-7-20-11/h1-3,6-7,15H,4-5H2,(H,16,17). The van der Waals surface area contributed by atoms with Crippen molar-refractivity contribution < 1.29 is 18.3 Å². The first kappa shape index (κ1) is 15.7. The van der Waals surface area contributed by atoms with Crippen molar-refractivity contribution in [1.29, 1.82) is 0 Å². The zero-order valence-corrected chi connectivity index (χ0v) is 13.0. The van der Waals surface area contributed by atoms with Crippen molar-refractivity contribution in [2.24, 2.45) is 0 Å². The highest BCUT2D eigenvalue weighted by atomic mass is 35.5. The van der Waals surface area contributed by atoms with Gasteiger partial charge < -0.3 is 5.11 Å². The van der Waals surface area contributed by atoms with Crippen LogP contribution in [0.4, 0.5) is 5.00 Å². The number of hydrogen-bond donors (Lipinski definition) is 2. The van der Waals surface area contributed by atoms with E-state index in [4.69, 9.17) is 16.7 Å². The summed E-state index contributed by atoms with van der Waals surface area (Å²) < 4.78 is 26.2. The van der Waals surface area contributed by atoms with Gasteiger partial charge >= 0.3 is 5.97 Å². The zero-order valence-electron chi connectivity index (χ0n) is 10.6. The van der Waals surface area contributed by atoms with Gasteiger partial charge in [0.2, 0.25) is 10.0 Å². The highest BCUT2D eigenvalue weighted by Gasteiger charge is 2.19. The fourth-order valence-electron chi connectivity index (χ4n) is 1.61. The lowest BCUT2D eigenvalue weighted by molar-refractivity contribution is 0.0692. The molecule has 0 aliphatic heterocycles. The molecule has 2 N–H and O–H groups in total. The second kappa shape index (κ2) is 6.42. The third kappa shape index (κ3) is 4.42. The number of anilines is 1. The second-order valence-electron chi connectivity index (χ2n) is 4.14. The fraction of sp³-hybridized carbons (Fsp3) is 0.167. The Bertz CT molecular complexity index is 758. The third-order valence-corrected chi connectivity index (χ3v) is 4.93. The summed E-state index contributed by atoms with van der Waals surface area (Å²) >= 11 is 6.75. The SMILES string of the molecule is O=C(O)c1ncsc1NS(=O)(=O)CCc1cccc(Cl)c1. The van der Waals surface area contributed by atoms with Gasteiger partial charge in [0.15, 0.2) is 5.69 Å². The van der Waals surface area contributed by atoms with Gasteiger partial charge in [-0.2, -0.15) is 0 Å². The fourth-order valence-corrected chi connectivity index (χ4v) is 3.89. The summed E-state index contributed by atoms with van der Waals surface area (Å²) in [6, 6.07) is 6.90. The Hall–Kier alpha value is -1.64. The Balaban J connectivity index is 2.05. The number of nitrogens with one attached hydrogen (secondary N) is 1. The van der Waals surface area contributed by atoms with E-state index < -0.39 is 16.0 Å². The molecule has 0 unspecified atom stereocenters. The van der Waals surface area contributed by atoms with Crippen LogP contribution in [0.2, 0.25) is 5.02 Å². The summed E-state index contributed by atoms with van der Waals surface area (Å²) in [6.07, 6.45) is 0.275. The van der Waals surface area contributed by atoms with E-state index >= 15 is 0 Å². The monoisotopic (exact) mass is 346 g/mol. The maximum atomic E-state index is 12.0. The Labute approximate surface area is 130 Å². The summed E-state index contributed by atoms with van der Waals surface area (Å²) in [4.78, 5) is 14.5. The summed E-state index contributed by atoms with van der Waals surface area (Å²) in [5, 5.41) is 9.43. The lowest BCUT2D eigenvalue weighted by Crippen LogP contribution is -2.19. The van der Waals surface area contributed by atoms with Crippen LogP contribution in [0, 0.1) is 0 Å². The van der Waals surface area contributed by atoms with Crippen LogP contribution in [-0.4, -0.2) is 30.2 Å². The first-order chi connectivity index (χ1) is 9.87. The average molecular weight is 347 g/mol. The van der Waals surface area contributed by atoms with Crippen LogP contribution in [-0.2, 0) is 16.4 Å². The van der Waals surface area contributed by atoms with E-state index in [0.29, 0.717) is 5.02 Å². The van der Waals surface area contributed by atoms with Gasteiger partial charge in [0.1, 0.15) is 5.00 Å². The van der Waals surface area contributed by atoms with Crippen molar-refractivity contribution in [3.05, 3.63) is 46.1 Å². The van der Waals surface area contributed by atoms with Crippen LogP contribution < -0.4 is 4.72 Å². The van der Waals surface area contributed by atoms with Crippen molar-refractivity contribution in [1.82, 2.24) is 4.98 Å². The molecule has 0 aliphatic carbocycles. The minimum atomic E-state index is -3.66. The Morgan fingerprint density at radius 3 is 2.86 bits per heavy atom. The molecule has 2 rings (SSSR count). The van der Waals surface area contributed by atoms with Crippen molar-refractivity contribution in [3.8, 4) is 0 Å². The molecule has 1 aromatic heterocycles. The molecule has 0 saturated heterocycles. The molecular formula is C12H11ClN2O4S2. The van der Waals surface area contributed by atoms with Crippen LogP contribution in [0.5, 0.6) is 0 Å². The van der Waals surface area contributed by atoms with Gasteiger partial charge in [0.25, 0.3) is 0 Å². The lowest BCUT2D eigenvalue weighted by Gasteiger charge is -2.07. The number of sulfonamides is 1. The molecule has 0 spiro atoms. The number of carboxylic acids is 1. The number of carboxylic acid groups (broad SMARTS) is 1. The summed E-state index contributed by atoms with van der Waals surface area (Å²) in [6.45, 7) is 0. The predicted octanol–water partition coefficient (Wildman–Crippen LogP) is 2.48. The van der Waals surface area contributed by atoms with Crippen LogP contribution >= 0.6 is 22.9 Å². The molecule has 0 amide bonds. The molecule has 6 nitrogen and oxygen atoms in total. The van der Waals surface area contributed by atoms with Gasteiger partial charge in [-0.25, -0.2) is 18.2 Å². The van der Waals surface area contributed by atoms with E-state index in [2.05, 4.69) is 9.71 Å². The van der Waals surface area contributed by atoms with Gasteiger partial charge in [-0.15, -0.1) is 11.3 Å². The zero-order chi connectivity index (χ0) is 15.5. The molecule has 0 bridgehead atoms. The van der Waals surface area contributed by atoms with Crippen molar-refractivity contribution in [3.63, 3.8) is 0 Å². The number of hydrogen-bond acceptors (Lipinski definition) is 5. The second-order valence-corrected chi connectivity index (χ2v) is 7.27. The summed E-state index contributed by atoms with van der Waals surface area (Å²) in [5.74, 6) is -1.45. The number of halogens is 1. The molecule has 21 heavy (non-hydrogen) atoms. The van der Waals surface area contributed by atoms with E-state index in [9.17, 15) is 13.2 Å². The lowest BCUT2D eigenvalue weighted by atomic mass is 10.2. The van der Waals surface area contributed by atoms with E-state index in [1.807, 2.05) is 0 Å². The minimum absolute atomic E-state index is 0.00796. The largest absolute Gasteiger partial charge is 0.476 e. The molecule has 2 aromatic rings. The first-order valence-electron chi connectivity index (χ1n) is 5.79. The van der Waals surface area contributed by atoms with Crippen LogP contribution in [0.1, 0.15) is 16.1 Å². The molecule has 0 fully saturated rings. The molecule has 0 saturated carbocycles. The van der Waals surface area contributed by atoms with E-state index in [-0.39, 0.29) is 22.9 Å². The Morgan fingerprint density at radius 1 is 1.43 bits per heavy atom. The van der Waals surface area contributed by atoms with Crippen LogP contribution in [0.25, 0.3) is 0 Å². The van der Waals surface area contributed by atoms with Crippen LogP contribution in [0.3, 0.4) is 0 Å². The van der Waals surface area contributed by atoms with Crippen LogP contribution in [0.15, 0.2) is 29.8 Å². The van der Waals surface area contributed by atoms with E-state index in [1.165, 1.54) is 5.51 Å². The molecule has 1 heterocycles. The minimum Gasteiger partial charge on any atom is -0.476 e. The molecular weight excluding hydrogens is 336 g/mol. The van der Waals surface area contributed by atoms with Crippen molar-refractivity contribution in [2.45, 2.75) is 6.42 Å². The molecule has 112 valence electrons. The number of nitrogens with zero attached hydrogens (tertiary/aromatic N) is 1. The number of aryl methyl sites for hydroxylation is 1. The number of carbonyl (C=O) groups is 1. The molecule has 0 atom stereocenters. The molecule has 0 aliphatic rings. The van der Waals surface area contributed by atoms with Gasteiger partial charge in [-0.05, 0) is 24.1 Å². The predicted molar refractivity (Wildman–Crippen MR) is 81.6 cm³/mol. The maximum absolute atomic E-state index is 12.0. The summed E-state index contributed by atoms with van der Waals surface area (Å²) in [7, 11) is -3.66. The normalized spacial score (nSPS) is 11.3. The van der Waals surface area contributed by atoms with Gasteiger partial charge in [-0.3, -0.25) is 4.72 Å². The molecule has 0 radical (unpaired) electrons. The highest BCUT2D eigenvalue weighted by Crippen LogP contribution is 2.22. The maximum Gasteiger partial charge on any atom is 0.357 e. The van der Waals surface area contributed by atoms with E-state index in [1.54, 1.807) is 24.3 Å². The Morgan fingerprint density at radius 2 is 2.19 bits per heavy atom. The topological polar surface area (TPSA) is 96.4 Å². The number of aromatic nitrogens is 1. The first-order valence-corrected chi connectivity index (χ1v) is 8.70.